The molecule has 2 heterocycles. The normalized spacial score (nSPS) is 11.0. The molecule has 0 aliphatic carbocycles. The van der Waals surface area contributed by atoms with Gasteiger partial charge >= 0.3 is 0 Å². The topological polar surface area (TPSA) is 46.4 Å². The highest BCUT2D eigenvalue weighted by Crippen LogP contribution is 2.18. The van der Waals surface area contributed by atoms with Crippen molar-refractivity contribution >= 4 is 11.6 Å². The molecule has 0 unspecified atom stereocenters. The second kappa shape index (κ2) is 5.71. The fourth-order valence-corrected chi connectivity index (χ4v) is 2.08. The summed E-state index contributed by atoms with van der Waals surface area (Å²) >= 11 is 0. The van der Waals surface area contributed by atoms with Gasteiger partial charge in [-0.3, -0.25) is 4.79 Å². The van der Waals surface area contributed by atoms with Gasteiger partial charge in [-0.2, -0.15) is 0 Å². The number of amides is 1. The first-order chi connectivity index (χ1) is 11.0. The number of hydrogen-bond acceptors (Lipinski definition) is 2. The molecule has 0 spiro atoms. The second-order valence-corrected chi connectivity index (χ2v) is 4.73. The van der Waals surface area contributed by atoms with Gasteiger partial charge in [0.25, 0.3) is 5.91 Å². The van der Waals surface area contributed by atoms with Crippen molar-refractivity contribution in [3.8, 4) is 0 Å². The number of nitrogens with one attached hydrogen (secondary N) is 1. The summed E-state index contributed by atoms with van der Waals surface area (Å²) in [5.74, 6) is -8.43. The molecule has 0 radical (unpaired) electrons. The van der Waals surface area contributed by atoms with E-state index >= 15 is 0 Å². The smallest absolute Gasteiger partial charge is 0.254 e. The number of carbonyl (C=O) groups is 1. The third kappa shape index (κ3) is 2.75. The average molecular weight is 323 g/mol. The minimum absolute atomic E-state index is 0.0828. The molecule has 0 saturated carbocycles. The van der Waals surface area contributed by atoms with E-state index < -0.39 is 34.7 Å². The van der Waals surface area contributed by atoms with Crippen molar-refractivity contribution in [1.29, 1.82) is 0 Å². The Kier molecular flexibility index (Phi) is 3.73. The number of rotatable bonds is 3. The van der Waals surface area contributed by atoms with Gasteiger partial charge in [0.1, 0.15) is 5.65 Å². The van der Waals surface area contributed by atoms with Crippen LogP contribution in [0, 0.1) is 23.3 Å². The lowest BCUT2D eigenvalue weighted by Crippen LogP contribution is -2.25. The van der Waals surface area contributed by atoms with E-state index in [0.29, 0.717) is 17.4 Å². The molecular weight excluding hydrogens is 314 g/mol. The molecule has 1 aromatic carbocycles. The Morgan fingerprint density at radius 2 is 1.91 bits per heavy atom. The third-order valence-electron chi connectivity index (χ3n) is 3.19. The van der Waals surface area contributed by atoms with Crippen molar-refractivity contribution < 1.29 is 22.4 Å². The first kappa shape index (κ1) is 15.0. The van der Waals surface area contributed by atoms with Crippen LogP contribution in [0.1, 0.15) is 16.1 Å². The largest absolute Gasteiger partial charge is 0.346 e. The van der Waals surface area contributed by atoms with Crippen LogP contribution in [-0.2, 0) is 6.54 Å². The molecule has 1 N–H and O–H groups in total. The molecule has 8 heteroatoms. The van der Waals surface area contributed by atoms with Crippen LogP contribution in [-0.4, -0.2) is 15.3 Å². The minimum atomic E-state index is -2.03. The zero-order valence-electron chi connectivity index (χ0n) is 11.5. The number of imidazole rings is 1. The summed E-state index contributed by atoms with van der Waals surface area (Å²) in [4.78, 5) is 16.0. The van der Waals surface area contributed by atoms with Gasteiger partial charge in [-0.25, -0.2) is 22.5 Å². The molecule has 0 aliphatic rings. The first-order valence-electron chi connectivity index (χ1n) is 6.51. The predicted molar refractivity (Wildman–Crippen MR) is 72.6 cm³/mol. The summed E-state index contributed by atoms with van der Waals surface area (Å²) in [7, 11) is 0. The Morgan fingerprint density at radius 3 is 2.65 bits per heavy atom. The van der Waals surface area contributed by atoms with Crippen LogP contribution in [0.4, 0.5) is 17.6 Å². The summed E-state index contributed by atoms with van der Waals surface area (Å²) in [6.45, 7) is -0.0828. The van der Waals surface area contributed by atoms with Crippen molar-refractivity contribution in [2.75, 3.05) is 0 Å². The molecule has 3 aromatic rings. The van der Waals surface area contributed by atoms with Crippen LogP contribution in [0.25, 0.3) is 5.65 Å². The van der Waals surface area contributed by atoms with E-state index in [1.165, 1.54) is 0 Å². The number of carbonyl (C=O) groups excluding carboxylic acids is 1. The molecule has 1 amide bonds. The molecule has 4 nitrogen and oxygen atoms in total. The van der Waals surface area contributed by atoms with E-state index in [2.05, 4.69) is 10.3 Å². The summed E-state index contributed by atoms with van der Waals surface area (Å²) in [5, 5.41) is 2.28. The fourth-order valence-electron chi connectivity index (χ4n) is 2.08. The van der Waals surface area contributed by atoms with Crippen LogP contribution in [0.5, 0.6) is 0 Å². The van der Waals surface area contributed by atoms with Crippen molar-refractivity contribution in [2.24, 2.45) is 0 Å². The molecule has 118 valence electrons. The highest BCUT2D eigenvalue weighted by molar-refractivity contribution is 5.94. The Labute approximate surface area is 127 Å². The van der Waals surface area contributed by atoms with Gasteiger partial charge < -0.3 is 9.72 Å². The molecular formula is C15H9F4N3O. The lowest BCUT2D eigenvalue weighted by atomic mass is 10.1. The molecule has 23 heavy (non-hydrogen) atoms. The van der Waals surface area contributed by atoms with Crippen LogP contribution in [0.15, 0.2) is 36.7 Å². The lowest BCUT2D eigenvalue weighted by Gasteiger charge is -2.06. The molecule has 2 aromatic heterocycles. The Bertz CT molecular complexity index is 874. The van der Waals surface area contributed by atoms with Crippen molar-refractivity contribution in [3.63, 3.8) is 0 Å². The summed E-state index contributed by atoms with van der Waals surface area (Å²) in [5.41, 5.74) is 0.194. The van der Waals surface area contributed by atoms with E-state index in [9.17, 15) is 22.4 Å². The number of hydrogen-bond donors (Lipinski definition) is 1. The van der Waals surface area contributed by atoms with Crippen LogP contribution in [0.3, 0.4) is 0 Å². The Morgan fingerprint density at radius 1 is 1.13 bits per heavy atom. The van der Waals surface area contributed by atoms with Crippen molar-refractivity contribution in [2.45, 2.75) is 6.54 Å². The minimum Gasteiger partial charge on any atom is -0.346 e. The van der Waals surface area contributed by atoms with E-state index in [-0.39, 0.29) is 6.54 Å². The number of halogens is 4. The standard InChI is InChI=1S/C15H9F4N3O/c16-10-5-9(12(17)14(19)13(10)18)15(23)20-6-8-7-22-4-2-1-3-11(22)21-8/h1-5,7H,6H2,(H,20,23). The number of fused-ring (bicyclic) bond motifs is 1. The van der Waals surface area contributed by atoms with Gasteiger partial charge in [0, 0.05) is 12.4 Å². The maximum Gasteiger partial charge on any atom is 0.254 e. The summed E-state index contributed by atoms with van der Waals surface area (Å²) < 4.78 is 54.3. The zero-order chi connectivity index (χ0) is 16.6. The second-order valence-electron chi connectivity index (χ2n) is 4.73. The van der Waals surface area contributed by atoms with E-state index in [0.717, 1.165) is 0 Å². The molecule has 0 bridgehead atoms. The van der Waals surface area contributed by atoms with Gasteiger partial charge in [0.15, 0.2) is 23.3 Å². The van der Waals surface area contributed by atoms with Crippen LogP contribution in [0.2, 0.25) is 0 Å². The maximum absolute atomic E-state index is 13.5. The first-order valence-corrected chi connectivity index (χ1v) is 6.51. The highest BCUT2D eigenvalue weighted by Gasteiger charge is 2.22. The summed E-state index contributed by atoms with van der Waals surface area (Å²) in [6, 6.07) is 5.63. The molecule has 0 fully saturated rings. The van der Waals surface area contributed by atoms with Gasteiger partial charge in [-0.05, 0) is 18.2 Å². The quantitative estimate of drug-likeness (QED) is 0.458. The van der Waals surface area contributed by atoms with Crippen LogP contribution < -0.4 is 5.32 Å². The van der Waals surface area contributed by atoms with E-state index in [4.69, 9.17) is 0 Å². The average Bonchev–Trinajstić information content (AvgIpc) is 2.97. The monoisotopic (exact) mass is 323 g/mol. The Balaban J connectivity index is 1.79. The van der Waals surface area contributed by atoms with Crippen LogP contribution >= 0.6 is 0 Å². The fraction of sp³-hybridized carbons (Fsp3) is 0.0667. The molecule has 0 atom stereocenters. The van der Waals surface area contributed by atoms with Gasteiger partial charge in [-0.1, -0.05) is 6.07 Å². The molecule has 3 rings (SSSR count). The number of aromatic nitrogens is 2. The van der Waals surface area contributed by atoms with Crippen molar-refractivity contribution in [3.05, 3.63) is 71.2 Å². The maximum atomic E-state index is 13.5. The lowest BCUT2D eigenvalue weighted by molar-refractivity contribution is 0.0944. The van der Waals surface area contributed by atoms with Gasteiger partial charge in [0.05, 0.1) is 17.8 Å². The summed E-state index contributed by atoms with van der Waals surface area (Å²) in [6.07, 6.45) is 3.38. The van der Waals surface area contributed by atoms with Crippen molar-refractivity contribution in [1.82, 2.24) is 14.7 Å². The van der Waals surface area contributed by atoms with E-state index in [1.807, 2.05) is 0 Å². The van der Waals surface area contributed by atoms with Gasteiger partial charge in [0.2, 0.25) is 0 Å². The predicted octanol–water partition coefficient (Wildman–Crippen LogP) is 2.82. The number of benzene rings is 1. The number of nitrogens with zero attached hydrogens (tertiary/aromatic N) is 2. The molecule has 0 aliphatic heterocycles. The van der Waals surface area contributed by atoms with E-state index in [1.54, 1.807) is 35.0 Å². The zero-order valence-corrected chi connectivity index (χ0v) is 11.5. The SMILES string of the molecule is O=C(NCc1cn2ccccc2n1)c1cc(F)c(F)c(F)c1F. The highest BCUT2D eigenvalue weighted by atomic mass is 19.2. The number of pyridine rings is 1. The van der Waals surface area contributed by atoms with Gasteiger partial charge in [-0.15, -0.1) is 0 Å². The molecule has 0 saturated heterocycles. The third-order valence-corrected chi connectivity index (χ3v) is 3.19. The Hall–Kier alpha value is -2.90.